The second-order valence-electron chi connectivity index (χ2n) is 8.25. The number of hydrogen-bond acceptors (Lipinski definition) is 6. The van der Waals surface area contributed by atoms with Crippen LogP contribution in [0.1, 0.15) is 69.4 Å². The van der Waals surface area contributed by atoms with E-state index in [1.165, 1.54) is 16.9 Å². The molecule has 172 valence electrons. The van der Waals surface area contributed by atoms with Gasteiger partial charge in [-0.1, -0.05) is 62.8 Å². The molecule has 1 aromatic carbocycles. The fourth-order valence-corrected chi connectivity index (χ4v) is 5.00. The van der Waals surface area contributed by atoms with Crippen molar-refractivity contribution in [3.63, 3.8) is 0 Å². The number of benzene rings is 1. The first-order chi connectivity index (χ1) is 15.9. The van der Waals surface area contributed by atoms with Gasteiger partial charge in [-0.2, -0.15) is 0 Å². The first-order valence-electron chi connectivity index (χ1n) is 11.3. The molecule has 6 nitrogen and oxygen atoms in total. The number of aromatic nitrogens is 1. The SMILES string of the molecule is CCCC1=C(C(=O)OCC)[C@H](c2ccc(C(C)C)cc2)n2c(s/c(=C\c3ccco3)c2=O)=N1. The minimum absolute atomic E-state index is 0.203. The van der Waals surface area contributed by atoms with Crippen LogP contribution in [0.4, 0.5) is 0 Å². The smallest absolute Gasteiger partial charge is 0.338 e. The molecule has 3 heterocycles. The second-order valence-corrected chi connectivity index (χ2v) is 9.26. The summed E-state index contributed by atoms with van der Waals surface area (Å²) in [6.07, 6.45) is 4.73. The van der Waals surface area contributed by atoms with Gasteiger partial charge in [0.25, 0.3) is 5.56 Å². The summed E-state index contributed by atoms with van der Waals surface area (Å²) in [6, 6.07) is 11.1. The number of fused-ring (bicyclic) bond motifs is 1. The number of furan rings is 1. The fraction of sp³-hybridized carbons (Fsp3) is 0.346. The van der Waals surface area contributed by atoms with Crippen molar-refractivity contribution >= 4 is 23.4 Å². The van der Waals surface area contributed by atoms with Gasteiger partial charge in [-0.25, -0.2) is 9.79 Å². The van der Waals surface area contributed by atoms with Crippen LogP contribution in [0.5, 0.6) is 0 Å². The van der Waals surface area contributed by atoms with Gasteiger partial charge >= 0.3 is 5.97 Å². The summed E-state index contributed by atoms with van der Waals surface area (Å²) in [6.45, 7) is 8.35. The van der Waals surface area contributed by atoms with Gasteiger partial charge in [0.15, 0.2) is 4.80 Å². The van der Waals surface area contributed by atoms with E-state index in [0.29, 0.717) is 38.7 Å². The highest BCUT2D eigenvalue weighted by molar-refractivity contribution is 7.07. The predicted octanol–water partition coefficient (Wildman–Crippen LogP) is 4.29. The maximum absolute atomic E-state index is 13.6. The summed E-state index contributed by atoms with van der Waals surface area (Å²) >= 11 is 1.31. The molecule has 0 N–H and O–H groups in total. The zero-order valence-corrected chi connectivity index (χ0v) is 20.1. The number of hydrogen-bond donors (Lipinski definition) is 0. The topological polar surface area (TPSA) is 73.8 Å². The highest BCUT2D eigenvalue weighted by atomic mass is 32.1. The standard InChI is InChI=1S/C26H28N2O4S/c1-5-8-20-22(25(30)31-6-2)23(18-12-10-17(11-13-18)16(3)4)28-24(29)21(33-26(28)27-20)15-19-9-7-14-32-19/h7,9-16,23H,5-6,8H2,1-4H3/b21-15-/t23-/m0/s1. The number of esters is 1. The van der Waals surface area contributed by atoms with Gasteiger partial charge in [-0.3, -0.25) is 9.36 Å². The number of ether oxygens (including phenoxy) is 1. The van der Waals surface area contributed by atoms with E-state index < -0.39 is 12.0 Å². The molecule has 3 aromatic rings. The van der Waals surface area contributed by atoms with Gasteiger partial charge in [-0.05, 0) is 42.5 Å². The number of rotatable bonds is 7. The number of thiazole rings is 1. The molecule has 0 bridgehead atoms. The van der Waals surface area contributed by atoms with Crippen molar-refractivity contribution in [2.75, 3.05) is 6.61 Å². The molecular formula is C26H28N2O4S. The minimum Gasteiger partial charge on any atom is -0.465 e. The lowest BCUT2D eigenvalue weighted by Crippen LogP contribution is -2.40. The van der Waals surface area contributed by atoms with E-state index in [2.05, 4.69) is 26.0 Å². The third-order valence-corrected chi connectivity index (χ3v) is 6.61. The van der Waals surface area contributed by atoms with Crippen molar-refractivity contribution < 1.29 is 13.9 Å². The zero-order chi connectivity index (χ0) is 23.5. The lowest BCUT2D eigenvalue weighted by molar-refractivity contribution is -0.139. The van der Waals surface area contributed by atoms with Crippen molar-refractivity contribution in [2.24, 2.45) is 4.99 Å². The predicted molar refractivity (Wildman–Crippen MR) is 129 cm³/mol. The van der Waals surface area contributed by atoms with E-state index in [9.17, 15) is 9.59 Å². The molecule has 33 heavy (non-hydrogen) atoms. The highest BCUT2D eigenvalue weighted by Gasteiger charge is 2.34. The number of allylic oxidation sites excluding steroid dienone is 1. The van der Waals surface area contributed by atoms with Crippen molar-refractivity contribution in [1.82, 2.24) is 4.57 Å². The third-order valence-electron chi connectivity index (χ3n) is 5.63. The maximum Gasteiger partial charge on any atom is 0.338 e. The highest BCUT2D eigenvalue weighted by Crippen LogP contribution is 2.33. The van der Waals surface area contributed by atoms with Crippen LogP contribution in [0.3, 0.4) is 0 Å². The summed E-state index contributed by atoms with van der Waals surface area (Å²) in [7, 11) is 0. The summed E-state index contributed by atoms with van der Waals surface area (Å²) < 4.78 is 13.0. The van der Waals surface area contributed by atoms with E-state index in [0.717, 1.165) is 12.0 Å². The van der Waals surface area contributed by atoms with Gasteiger partial charge in [-0.15, -0.1) is 0 Å². The van der Waals surface area contributed by atoms with E-state index in [-0.39, 0.29) is 12.2 Å². The molecule has 0 spiro atoms. The molecule has 4 rings (SSSR count). The van der Waals surface area contributed by atoms with Crippen molar-refractivity contribution in [3.8, 4) is 0 Å². The molecular weight excluding hydrogens is 436 g/mol. The van der Waals surface area contributed by atoms with E-state index in [1.54, 1.807) is 36.0 Å². The molecule has 1 aliphatic heterocycles. The van der Waals surface area contributed by atoms with Crippen LogP contribution >= 0.6 is 11.3 Å². The number of carbonyl (C=O) groups excluding carboxylic acids is 1. The van der Waals surface area contributed by atoms with Crippen LogP contribution in [-0.4, -0.2) is 17.1 Å². The van der Waals surface area contributed by atoms with Crippen LogP contribution in [-0.2, 0) is 9.53 Å². The van der Waals surface area contributed by atoms with E-state index in [1.807, 2.05) is 19.1 Å². The van der Waals surface area contributed by atoms with Gasteiger partial charge in [0.1, 0.15) is 5.76 Å². The molecule has 0 unspecified atom stereocenters. The lowest BCUT2D eigenvalue weighted by Gasteiger charge is -2.26. The van der Waals surface area contributed by atoms with Gasteiger partial charge in [0, 0.05) is 6.08 Å². The Morgan fingerprint density at radius 3 is 2.61 bits per heavy atom. The van der Waals surface area contributed by atoms with Gasteiger partial charge < -0.3 is 9.15 Å². The largest absolute Gasteiger partial charge is 0.465 e. The van der Waals surface area contributed by atoms with E-state index >= 15 is 0 Å². The Labute approximate surface area is 196 Å². The Kier molecular flexibility index (Phi) is 6.79. The van der Waals surface area contributed by atoms with Crippen LogP contribution in [0.25, 0.3) is 6.08 Å². The molecule has 7 heteroatoms. The monoisotopic (exact) mass is 464 g/mol. The lowest BCUT2D eigenvalue weighted by atomic mass is 9.92. The fourth-order valence-electron chi connectivity index (χ4n) is 4.00. The summed E-state index contributed by atoms with van der Waals surface area (Å²) in [5, 5.41) is 0. The molecule has 0 aliphatic carbocycles. The average Bonchev–Trinajstić information content (AvgIpc) is 3.41. The summed E-state index contributed by atoms with van der Waals surface area (Å²) in [5.74, 6) is 0.546. The van der Waals surface area contributed by atoms with Gasteiger partial charge in [0.2, 0.25) is 0 Å². The van der Waals surface area contributed by atoms with Crippen LogP contribution in [0.15, 0.2) is 68.1 Å². The minimum atomic E-state index is -0.596. The Balaban J connectivity index is 1.98. The first kappa shape index (κ1) is 23.0. The Hall–Kier alpha value is -3.19. The molecule has 0 saturated carbocycles. The Morgan fingerprint density at radius 2 is 2.00 bits per heavy atom. The summed E-state index contributed by atoms with van der Waals surface area (Å²) in [4.78, 5) is 32.0. The Morgan fingerprint density at radius 1 is 1.24 bits per heavy atom. The molecule has 0 saturated heterocycles. The maximum atomic E-state index is 13.6. The zero-order valence-electron chi connectivity index (χ0n) is 19.3. The number of carbonyl (C=O) groups is 1. The van der Waals surface area contributed by atoms with E-state index in [4.69, 9.17) is 14.1 Å². The molecule has 1 atom stereocenters. The Bertz CT molecular complexity index is 1340. The molecule has 0 radical (unpaired) electrons. The van der Waals surface area contributed by atoms with Gasteiger partial charge in [0.05, 0.1) is 34.7 Å². The third kappa shape index (κ3) is 4.50. The average molecular weight is 465 g/mol. The molecule has 0 amide bonds. The summed E-state index contributed by atoms with van der Waals surface area (Å²) in [5.41, 5.74) is 2.97. The van der Waals surface area contributed by atoms with Crippen LogP contribution < -0.4 is 14.9 Å². The van der Waals surface area contributed by atoms with Crippen molar-refractivity contribution in [3.05, 3.63) is 90.5 Å². The second kappa shape index (κ2) is 9.75. The quantitative estimate of drug-likeness (QED) is 0.489. The van der Waals surface area contributed by atoms with Crippen LogP contribution in [0.2, 0.25) is 0 Å². The number of nitrogens with zero attached hydrogens (tertiary/aromatic N) is 2. The molecule has 1 aliphatic rings. The molecule has 2 aromatic heterocycles. The van der Waals surface area contributed by atoms with Crippen LogP contribution in [0, 0.1) is 0 Å². The van der Waals surface area contributed by atoms with Crippen molar-refractivity contribution in [2.45, 2.75) is 52.5 Å². The normalized spacial score (nSPS) is 16.2. The van der Waals surface area contributed by atoms with Crippen molar-refractivity contribution in [1.29, 1.82) is 0 Å². The first-order valence-corrected chi connectivity index (χ1v) is 12.1. The molecule has 0 fully saturated rings.